The summed E-state index contributed by atoms with van der Waals surface area (Å²) in [5.41, 5.74) is -0.847. The van der Waals surface area contributed by atoms with Gasteiger partial charge < -0.3 is 28.8 Å². The van der Waals surface area contributed by atoms with Crippen molar-refractivity contribution < 1.29 is 19.0 Å². The number of aromatic hydroxyl groups is 2. The zero-order valence-corrected chi connectivity index (χ0v) is 20.1. The predicted molar refractivity (Wildman–Crippen MR) is 128 cm³/mol. The third-order valence-corrected chi connectivity index (χ3v) is 6.21. The first-order chi connectivity index (χ1) is 16.3. The Morgan fingerprint density at radius 3 is 1.50 bits per heavy atom. The summed E-state index contributed by atoms with van der Waals surface area (Å²) in [7, 11) is 4.15. The van der Waals surface area contributed by atoms with Crippen LogP contribution in [0.1, 0.15) is 24.4 Å². The van der Waals surface area contributed by atoms with E-state index >= 15 is 0 Å². The van der Waals surface area contributed by atoms with E-state index < -0.39 is 10.9 Å². The minimum absolute atomic E-state index is 0.302. The fourth-order valence-electron chi connectivity index (χ4n) is 4.05. The number of hydrogen-bond acceptors (Lipinski definition) is 10. The second-order valence-corrected chi connectivity index (χ2v) is 8.98. The van der Waals surface area contributed by atoms with Crippen LogP contribution in [0.15, 0.2) is 43.1 Å². The summed E-state index contributed by atoms with van der Waals surface area (Å²) in [6.07, 6.45) is 4.50. The molecule has 34 heavy (non-hydrogen) atoms. The van der Waals surface area contributed by atoms with Crippen LogP contribution in [0.2, 0.25) is 0 Å². The Morgan fingerprint density at radius 2 is 1.09 bits per heavy atom. The van der Waals surface area contributed by atoms with E-state index in [1.165, 1.54) is 24.7 Å². The lowest BCUT2D eigenvalue weighted by Crippen LogP contribution is -2.39. The van der Waals surface area contributed by atoms with Crippen LogP contribution in [0.25, 0.3) is 0 Å². The van der Waals surface area contributed by atoms with Crippen molar-refractivity contribution in [3.63, 3.8) is 0 Å². The van der Waals surface area contributed by atoms with Gasteiger partial charge in [-0.05, 0) is 53.1 Å². The molecule has 0 bridgehead atoms. The van der Waals surface area contributed by atoms with Gasteiger partial charge in [-0.25, -0.2) is 0 Å². The van der Waals surface area contributed by atoms with E-state index in [0.29, 0.717) is 24.6 Å². The standard InChI is InChI=1S/C24H36N4O6/c1-25-7-3-9-28(18-22-24(32)20(30)6-16-34-22)14-12-26(2)8-4-10-27(13-11-25)17-21-23(31)19(29)5-15-33-21/h5-6,15-16,31-32H,3-4,7-14,17-18H2,1-2H3. The number of likely N-dealkylation sites (N-methyl/N-ethyl adjacent to an activating group) is 2. The second kappa shape index (κ2) is 12.7. The van der Waals surface area contributed by atoms with Crippen molar-refractivity contribution in [2.75, 3.05) is 66.5 Å². The topological polar surface area (TPSA) is 114 Å². The highest BCUT2D eigenvalue weighted by Crippen LogP contribution is 2.16. The molecule has 0 aromatic carbocycles. The van der Waals surface area contributed by atoms with Crippen LogP contribution in [0.4, 0.5) is 0 Å². The van der Waals surface area contributed by atoms with E-state index in [2.05, 4.69) is 33.7 Å². The minimum atomic E-state index is -0.423. The van der Waals surface area contributed by atoms with Gasteiger partial charge in [0.25, 0.3) is 0 Å². The molecule has 0 aliphatic carbocycles. The van der Waals surface area contributed by atoms with E-state index in [0.717, 1.165) is 65.2 Å². The zero-order chi connectivity index (χ0) is 24.5. The molecule has 10 heteroatoms. The first kappa shape index (κ1) is 26.0. The third kappa shape index (κ3) is 7.69. The summed E-state index contributed by atoms with van der Waals surface area (Å²) in [5, 5.41) is 20.1. The smallest absolute Gasteiger partial charge is 0.226 e. The van der Waals surface area contributed by atoms with Gasteiger partial charge in [0.1, 0.15) is 0 Å². The molecule has 2 N–H and O–H groups in total. The van der Waals surface area contributed by atoms with Gasteiger partial charge in [0.05, 0.1) is 25.6 Å². The molecular formula is C24H36N4O6. The molecule has 1 aliphatic rings. The van der Waals surface area contributed by atoms with E-state index in [9.17, 15) is 19.8 Å². The molecule has 2 aromatic rings. The average molecular weight is 477 g/mol. The van der Waals surface area contributed by atoms with Gasteiger partial charge in [-0.15, -0.1) is 0 Å². The first-order valence-electron chi connectivity index (χ1n) is 11.7. The molecule has 0 unspecified atom stereocenters. The minimum Gasteiger partial charge on any atom is -0.502 e. The lowest BCUT2D eigenvalue weighted by atomic mass is 10.2. The summed E-state index contributed by atoms with van der Waals surface area (Å²) < 4.78 is 10.8. The fraction of sp³-hybridized carbons (Fsp3) is 0.583. The van der Waals surface area contributed by atoms with Crippen molar-refractivity contribution in [2.24, 2.45) is 0 Å². The van der Waals surface area contributed by atoms with E-state index in [4.69, 9.17) is 8.83 Å². The third-order valence-electron chi connectivity index (χ3n) is 6.21. The van der Waals surface area contributed by atoms with Gasteiger partial charge in [0.2, 0.25) is 22.4 Å². The van der Waals surface area contributed by atoms with Crippen molar-refractivity contribution in [3.8, 4) is 11.5 Å². The molecule has 1 aliphatic heterocycles. The number of nitrogens with zero attached hydrogens (tertiary/aromatic N) is 4. The molecule has 188 valence electrons. The quantitative estimate of drug-likeness (QED) is 0.662. The van der Waals surface area contributed by atoms with Gasteiger partial charge in [-0.3, -0.25) is 19.4 Å². The van der Waals surface area contributed by atoms with Gasteiger partial charge in [-0.1, -0.05) is 0 Å². The maximum absolute atomic E-state index is 11.7. The normalized spacial score (nSPS) is 19.1. The fourth-order valence-corrected chi connectivity index (χ4v) is 4.05. The van der Waals surface area contributed by atoms with E-state index in [1.807, 2.05) is 0 Å². The maximum atomic E-state index is 11.7. The van der Waals surface area contributed by atoms with Crippen molar-refractivity contribution in [3.05, 3.63) is 56.6 Å². The molecule has 0 saturated carbocycles. The average Bonchev–Trinajstić information content (AvgIpc) is 2.81. The van der Waals surface area contributed by atoms with Crippen LogP contribution in [0, 0.1) is 0 Å². The molecule has 0 atom stereocenters. The highest BCUT2D eigenvalue weighted by molar-refractivity contribution is 5.23. The van der Waals surface area contributed by atoms with Crippen LogP contribution in [0.5, 0.6) is 11.5 Å². The lowest BCUT2D eigenvalue weighted by Gasteiger charge is -2.29. The number of hydrogen-bond donors (Lipinski definition) is 2. The zero-order valence-electron chi connectivity index (χ0n) is 20.1. The Bertz CT molecular complexity index is 942. The summed E-state index contributed by atoms with van der Waals surface area (Å²) >= 11 is 0. The Balaban J connectivity index is 1.62. The summed E-state index contributed by atoms with van der Waals surface area (Å²) in [5.74, 6) is -0.0207. The van der Waals surface area contributed by atoms with Crippen LogP contribution < -0.4 is 10.9 Å². The number of rotatable bonds is 4. The Hall–Kier alpha value is -2.66. The molecule has 1 saturated heterocycles. The van der Waals surface area contributed by atoms with Crippen molar-refractivity contribution in [2.45, 2.75) is 25.9 Å². The van der Waals surface area contributed by atoms with Gasteiger partial charge in [0.15, 0.2) is 11.5 Å². The van der Waals surface area contributed by atoms with Gasteiger partial charge >= 0.3 is 0 Å². The van der Waals surface area contributed by atoms with Crippen LogP contribution in [-0.2, 0) is 13.1 Å². The predicted octanol–water partition coefficient (Wildman–Crippen LogP) is 0.966. The molecule has 0 radical (unpaired) electrons. The van der Waals surface area contributed by atoms with Gasteiger partial charge in [-0.2, -0.15) is 0 Å². The van der Waals surface area contributed by atoms with Crippen LogP contribution in [-0.4, -0.2) is 96.3 Å². The van der Waals surface area contributed by atoms with Gasteiger partial charge in [0, 0.05) is 38.3 Å². The molecule has 1 fully saturated rings. The monoisotopic (exact) mass is 476 g/mol. The SMILES string of the molecule is CN1CCCN(Cc2occc(=O)c2O)CCN(C)CCCN(Cc2occc(=O)c2O)CC1. The Kier molecular flexibility index (Phi) is 9.70. The van der Waals surface area contributed by atoms with Crippen molar-refractivity contribution >= 4 is 0 Å². The molecule has 2 aromatic heterocycles. The molecule has 0 spiro atoms. The van der Waals surface area contributed by atoms with E-state index in [-0.39, 0.29) is 11.5 Å². The first-order valence-corrected chi connectivity index (χ1v) is 11.7. The molecule has 3 heterocycles. The lowest BCUT2D eigenvalue weighted by molar-refractivity contribution is 0.161. The second-order valence-electron chi connectivity index (χ2n) is 8.98. The Labute approximate surface area is 199 Å². The highest BCUT2D eigenvalue weighted by atomic mass is 16.4. The highest BCUT2D eigenvalue weighted by Gasteiger charge is 2.17. The summed E-state index contributed by atoms with van der Waals surface area (Å²) in [6, 6.07) is 2.45. The molecular weight excluding hydrogens is 440 g/mol. The van der Waals surface area contributed by atoms with E-state index in [1.54, 1.807) is 0 Å². The largest absolute Gasteiger partial charge is 0.502 e. The van der Waals surface area contributed by atoms with Crippen LogP contribution >= 0.6 is 0 Å². The molecule has 0 amide bonds. The Morgan fingerprint density at radius 1 is 0.676 bits per heavy atom. The maximum Gasteiger partial charge on any atom is 0.226 e. The summed E-state index contributed by atoms with van der Waals surface area (Å²) in [6.45, 7) is 7.40. The van der Waals surface area contributed by atoms with Crippen molar-refractivity contribution in [1.29, 1.82) is 0 Å². The summed E-state index contributed by atoms with van der Waals surface area (Å²) in [4.78, 5) is 32.4. The molecule has 10 nitrogen and oxygen atoms in total. The molecule has 3 rings (SSSR count). The van der Waals surface area contributed by atoms with Crippen LogP contribution in [0.3, 0.4) is 0 Å². The van der Waals surface area contributed by atoms with Crippen molar-refractivity contribution in [1.82, 2.24) is 19.6 Å².